The summed E-state index contributed by atoms with van der Waals surface area (Å²) in [7, 11) is -3.44. The number of nitrogens with two attached hydrogens (primary N) is 1. The first-order chi connectivity index (χ1) is 14.7. The van der Waals surface area contributed by atoms with Gasteiger partial charge in [-0.3, -0.25) is 0 Å². The van der Waals surface area contributed by atoms with Gasteiger partial charge in [0.15, 0.2) is 15.7 Å². The SMILES string of the molecule is CCCCc1nc2c(N)ncc(C)c2n1CCCCCS(=O)(=O)c1ccc(Cl)cc1Cl. The zero-order valence-corrected chi connectivity index (χ0v) is 20.2. The van der Waals surface area contributed by atoms with Gasteiger partial charge in [0.25, 0.3) is 0 Å². The lowest BCUT2D eigenvalue weighted by molar-refractivity contribution is 0.569. The number of pyridine rings is 1. The molecule has 6 nitrogen and oxygen atoms in total. The van der Waals surface area contributed by atoms with E-state index in [9.17, 15) is 8.42 Å². The summed E-state index contributed by atoms with van der Waals surface area (Å²) < 4.78 is 27.5. The van der Waals surface area contributed by atoms with Gasteiger partial charge < -0.3 is 10.3 Å². The van der Waals surface area contributed by atoms with Crippen LogP contribution in [0.2, 0.25) is 10.0 Å². The lowest BCUT2D eigenvalue weighted by Crippen LogP contribution is -2.09. The van der Waals surface area contributed by atoms with Gasteiger partial charge in [-0.05, 0) is 49.9 Å². The van der Waals surface area contributed by atoms with E-state index in [0.29, 0.717) is 17.3 Å². The summed E-state index contributed by atoms with van der Waals surface area (Å²) in [5, 5.41) is 0.584. The summed E-state index contributed by atoms with van der Waals surface area (Å²) in [5.41, 5.74) is 8.89. The Morgan fingerprint density at radius 2 is 1.90 bits per heavy atom. The van der Waals surface area contributed by atoms with Crippen LogP contribution < -0.4 is 5.73 Å². The summed E-state index contributed by atoms with van der Waals surface area (Å²) in [4.78, 5) is 9.13. The van der Waals surface area contributed by atoms with E-state index in [1.54, 1.807) is 12.3 Å². The van der Waals surface area contributed by atoms with Crippen molar-refractivity contribution in [3.05, 3.63) is 45.8 Å². The normalized spacial score (nSPS) is 12.0. The van der Waals surface area contributed by atoms with Crippen LogP contribution in [-0.4, -0.2) is 28.7 Å². The molecule has 0 amide bonds. The smallest absolute Gasteiger partial charge is 0.179 e. The third-order valence-corrected chi connectivity index (χ3v) is 7.85. The lowest BCUT2D eigenvalue weighted by atomic mass is 10.2. The number of benzene rings is 1. The standard InChI is InChI=1S/C22H28Cl2N4O2S/c1-3-4-8-19-27-20-21(15(2)14-26-22(20)25)28(19)11-6-5-7-12-31(29,30)18-10-9-16(23)13-17(18)24/h9-10,13-14H,3-8,11-12H2,1-2H3,(H2,25,26). The molecular formula is C22H28Cl2N4O2S. The molecule has 0 saturated heterocycles. The molecule has 0 aliphatic carbocycles. The summed E-state index contributed by atoms with van der Waals surface area (Å²) in [6.45, 7) is 4.93. The van der Waals surface area contributed by atoms with Gasteiger partial charge in [0, 0.05) is 24.2 Å². The molecular weight excluding hydrogens is 455 g/mol. The van der Waals surface area contributed by atoms with Gasteiger partial charge in [-0.25, -0.2) is 18.4 Å². The number of halogens is 2. The van der Waals surface area contributed by atoms with Crippen LogP contribution in [0.15, 0.2) is 29.3 Å². The number of aryl methyl sites for hydroxylation is 3. The van der Waals surface area contributed by atoms with Crippen LogP contribution in [-0.2, 0) is 22.8 Å². The third kappa shape index (κ3) is 5.51. The van der Waals surface area contributed by atoms with E-state index < -0.39 is 9.84 Å². The highest BCUT2D eigenvalue weighted by molar-refractivity contribution is 7.91. The zero-order valence-electron chi connectivity index (χ0n) is 17.9. The molecule has 0 bridgehead atoms. The van der Waals surface area contributed by atoms with Crippen LogP contribution >= 0.6 is 23.2 Å². The van der Waals surface area contributed by atoms with Crippen molar-refractivity contribution in [2.75, 3.05) is 11.5 Å². The Bertz CT molecular complexity index is 1180. The van der Waals surface area contributed by atoms with Crippen LogP contribution in [0.3, 0.4) is 0 Å². The Morgan fingerprint density at radius 1 is 1.13 bits per heavy atom. The van der Waals surface area contributed by atoms with Crippen LogP contribution in [0.1, 0.15) is 50.4 Å². The number of hydrogen-bond donors (Lipinski definition) is 1. The monoisotopic (exact) mass is 482 g/mol. The van der Waals surface area contributed by atoms with E-state index in [1.807, 2.05) is 6.92 Å². The van der Waals surface area contributed by atoms with Gasteiger partial charge in [0.05, 0.1) is 21.2 Å². The quantitative estimate of drug-likeness (QED) is 0.378. The van der Waals surface area contributed by atoms with Gasteiger partial charge in [0.2, 0.25) is 0 Å². The molecule has 168 valence electrons. The Hall–Kier alpha value is -1.83. The largest absolute Gasteiger partial charge is 0.382 e. The van der Waals surface area contributed by atoms with Crippen molar-refractivity contribution in [1.82, 2.24) is 14.5 Å². The minimum atomic E-state index is -3.44. The maximum atomic E-state index is 12.6. The highest BCUT2D eigenvalue weighted by Gasteiger charge is 2.19. The lowest BCUT2D eigenvalue weighted by Gasteiger charge is -2.11. The van der Waals surface area contributed by atoms with E-state index in [0.717, 1.165) is 61.1 Å². The number of aromatic nitrogens is 3. The van der Waals surface area contributed by atoms with Crippen LogP contribution in [0, 0.1) is 6.92 Å². The second-order valence-corrected chi connectivity index (χ2v) is 10.7. The third-order valence-electron chi connectivity index (χ3n) is 5.34. The average molecular weight is 483 g/mol. The molecule has 0 radical (unpaired) electrons. The molecule has 0 aliphatic heterocycles. The zero-order chi connectivity index (χ0) is 22.6. The molecule has 0 fully saturated rings. The van der Waals surface area contributed by atoms with Crippen molar-refractivity contribution >= 4 is 49.9 Å². The Balaban J connectivity index is 1.67. The first kappa shape index (κ1) is 23.8. The second kappa shape index (κ2) is 10.2. The highest BCUT2D eigenvalue weighted by atomic mass is 35.5. The number of nitrogen functional groups attached to an aromatic ring is 1. The predicted molar refractivity (Wildman–Crippen MR) is 128 cm³/mol. The number of rotatable bonds is 10. The Labute approximate surface area is 193 Å². The van der Waals surface area contributed by atoms with Crippen molar-refractivity contribution in [3.8, 4) is 0 Å². The summed E-state index contributed by atoms with van der Waals surface area (Å²) in [6, 6.07) is 4.48. The molecule has 3 aromatic rings. The number of nitrogens with zero attached hydrogens (tertiary/aromatic N) is 3. The number of hydrogen-bond acceptors (Lipinski definition) is 5. The molecule has 2 N–H and O–H groups in total. The first-order valence-corrected chi connectivity index (χ1v) is 12.9. The fourth-order valence-electron chi connectivity index (χ4n) is 3.71. The van der Waals surface area contributed by atoms with Gasteiger partial charge in [-0.15, -0.1) is 0 Å². The van der Waals surface area contributed by atoms with Crippen molar-refractivity contribution in [1.29, 1.82) is 0 Å². The van der Waals surface area contributed by atoms with Crippen molar-refractivity contribution < 1.29 is 8.42 Å². The molecule has 2 aromatic heterocycles. The van der Waals surface area contributed by atoms with E-state index in [4.69, 9.17) is 33.9 Å². The summed E-state index contributed by atoms with van der Waals surface area (Å²) >= 11 is 11.9. The predicted octanol–water partition coefficient (Wildman–Crippen LogP) is 5.62. The van der Waals surface area contributed by atoms with E-state index in [-0.39, 0.29) is 15.7 Å². The summed E-state index contributed by atoms with van der Waals surface area (Å²) in [6.07, 6.45) is 6.97. The summed E-state index contributed by atoms with van der Waals surface area (Å²) in [5.74, 6) is 1.51. The minimum Gasteiger partial charge on any atom is -0.382 e. The number of unbranched alkanes of at least 4 members (excludes halogenated alkanes) is 3. The number of anilines is 1. The van der Waals surface area contributed by atoms with Gasteiger partial charge in [-0.1, -0.05) is 43.0 Å². The number of fused-ring (bicyclic) bond motifs is 1. The second-order valence-electron chi connectivity index (χ2n) is 7.76. The van der Waals surface area contributed by atoms with E-state index in [2.05, 4.69) is 16.5 Å². The fraction of sp³-hybridized carbons (Fsp3) is 0.455. The molecule has 0 aliphatic rings. The van der Waals surface area contributed by atoms with Gasteiger partial charge >= 0.3 is 0 Å². The van der Waals surface area contributed by atoms with Crippen LogP contribution in [0.25, 0.3) is 11.0 Å². The van der Waals surface area contributed by atoms with Crippen molar-refractivity contribution in [2.24, 2.45) is 0 Å². The van der Waals surface area contributed by atoms with E-state index in [1.165, 1.54) is 12.1 Å². The molecule has 1 aromatic carbocycles. The molecule has 0 atom stereocenters. The highest BCUT2D eigenvalue weighted by Crippen LogP contribution is 2.27. The molecule has 31 heavy (non-hydrogen) atoms. The Morgan fingerprint density at radius 3 is 2.61 bits per heavy atom. The van der Waals surface area contributed by atoms with E-state index >= 15 is 0 Å². The maximum Gasteiger partial charge on any atom is 0.179 e. The number of sulfone groups is 1. The first-order valence-electron chi connectivity index (χ1n) is 10.5. The molecule has 9 heteroatoms. The Kier molecular flexibility index (Phi) is 7.83. The fourth-order valence-corrected chi connectivity index (χ4v) is 5.91. The average Bonchev–Trinajstić information content (AvgIpc) is 3.08. The molecule has 0 spiro atoms. The van der Waals surface area contributed by atoms with Crippen molar-refractivity contribution in [2.45, 2.75) is 63.8 Å². The minimum absolute atomic E-state index is 0.0532. The van der Waals surface area contributed by atoms with Crippen LogP contribution in [0.5, 0.6) is 0 Å². The molecule has 3 rings (SSSR count). The van der Waals surface area contributed by atoms with Crippen LogP contribution in [0.4, 0.5) is 5.82 Å². The molecule has 0 saturated carbocycles. The number of imidazole rings is 1. The van der Waals surface area contributed by atoms with Gasteiger partial charge in [-0.2, -0.15) is 0 Å². The molecule has 0 unspecified atom stereocenters. The topological polar surface area (TPSA) is 90.9 Å². The van der Waals surface area contributed by atoms with Gasteiger partial charge in [0.1, 0.15) is 11.3 Å². The molecule has 2 heterocycles. The maximum absolute atomic E-state index is 12.6. The van der Waals surface area contributed by atoms with Crippen molar-refractivity contribution in [3.63, 3.8) is 0 Å².